The van der Waals surface area contributed by atoms with Gasteiger partial charge in [-0.1, -0.05) is 37.3 Å². The van der Waals surface area contributed by atoms with Crippen molar-refractivity contribution in [3.8, 4) is 6.07 Å². The number of carbonyl (C=O) groups excluding carboxylic acids is 1. The number of nitrogens with one attached hydrogen (secondary N) is 2. The average molecular weight is 357 g/mol. The summed E-state index contributed by atoms with van der Waals surface area (Å²) in [6.45, 7) is 4.00. The summed E-state index contributed by atoms with van der Waals surface area (Å²) in [5.74, 6) is -0.0520. The molecule has 0 bridgehead atoms. The van der Waals surface area contributed by atoms with E-state index in [4.69, 9.17) is 0 Å². The van der Waals surface area contributed by atoms with Gasteiger partial charge in [-0.3, -0.25) is 4.79 Å². The number of anilines is 3. The molecular formula is C21H19N5O. The molecule has 0 aliphatic rings. The van der Waals surface area contributed by atoms with Gasteiger partial charge in [0.05, 0.1) is 11.3 Å². The van der Waals surface area contributed by atoms with Crippen molar-refractivity contribution in [3.05, 3.63) is 77.1 Å². The second-order valence-corrected chi connectivity index (χ2v) is 5.96. The van der Waals surface area contributed by atoms with Gasteiger partial charge in [0, 0.05) is 11.9 Å². The van der Waals surface area contributed by atoms with E-state index in [0.29, 0.717) is 11.3 Å². The number of para-hydroxylation sites is 2. The number of aryl methyl sites for hydroxylation is 2. The highest BCUT2D eigenvalue weighted by Gasteiger charge is 2.13. The molecule has 27 heavy (non-hydrogen) atoms. The van der Waals surface area contributed by atoms with Gasteiger partial charge in [-0.2, -0.15) is 5.26 Å². The summed E-state index contributed by atoms with van der Waals surface area (Å²) >= 11 is 0. The van der Waals surface area contributed by atoms with Gasteiger partial charge in [0.2, 0.25) is 5.95 Å². The molecule has 3 rings (SSSR count). The molecule has 2 aromatic carbocycles. The van der Waals surface area contributed by atoms with Crippen molar-refractivity contribution in [1.29, 1.82) is 5.26 Å². The van der Waals surface area contributed by atoms with Crippen LogP contribution < -0.4 is 10.6 Å². The lowest BCUT2D eigenvalue weighted by atomic mass is 10.1. The SMILES string of the molecule is CCc1cccc(C)c1NC(=O)c1ccnc(Nc2ccccc2C#N)n1. The van der Waals surface area contributed by atoms with Crippen LogP contribution in [0.25, 0.3) is 0 Å². The van der Waals surface area contributed by atoms with Crippen molar-refractivity contribution in [1.82, 2.24) is 9.97 Å². The Balaban J connectivity index is 1.84. The van der Waals surface area contributed by atoms with Crippen LogP contribution in [-0.2, 0) is 6.42 Å². The fourth-order valence-electron chi connectivity index (χ4n) is 2.74. The van der Waals surface area contributed by atoms with Gasteiger partial charge in [0.1, 0.15) is 11.8 Å². The Morgan fingerprint density at radius 3 is 2.74 bits per heavy atom. The van der Waals surface area contributed by atoms with Crippen LogP contribution in [0.4, 0.5) is 17.3 Å². The summed E-state index contributed by atoms with van der Waals surface area (Å²) in [6, 6.07) is 16.6. The predicted molar refractivity (Wildman–Crippen MR) is 105 cm³/mol. The minimum atomic E-state index is -0.307. The normalized spacial score (nSPS) is 10.1. The third-order valence-electron chi connectivity index (χ3n) is 4.16. The zero-order chi connectivity index (χ0) is 19.2. The highest BCUT2D eigenvalue weighted by molar-refractivity contribution is 6.03. The van der Waals surface area contributed by atoms with E-state index >= 15 is 0 Å². The van der Waals surface area contributed by atoms with Gasteiger partial charge >= 0.3 is 0 Å². The van der Waals surface area contributed by atoms with E-state index < -0.39 is 0 Å². The minimum Gasteiger partial charge on any atom is -0.323 e. The molecule has 0 saturated carbocycles. The molecular weight excluding hydrogens is 338 g/mol. The van der Waals surface area contributed by atoms with Gasteiger partial charge < -0.3 is 10.6 Å². The van der Waals surface area contributed by atoms with Crippen LogP contribution in [0.2, 0.25) is 0 Å². The number of nitriles is 1. The maximum absolute atomic E-state index is 12.7. The maximum Gasteiger partial charge on any atom is 0.274 e. The quantitative estimate of drug-likeness (QED) is 0.713. The first-order valence-corrected chi connectivity index (χ1v) is 8.61. The Morgan fingerprint density at radius 1 is 1.15 bits per heavy atom. The Labute approximate surface area is 157 Å². The first-order valence-electron chi connectivity index (χ1n) is 8.61. The van der Waals surface area contributed by atoms with Gasteiger partial charge in [-0.15, -0.1) is 0 Å². The number of carbonyl (C=O) groups is 1. The van der Waals surface area contributed by atoms with Crippen LogP contribution in [-0.4, -0.2) is 15.9 Å². The summed E-state index contributed by atoms with van der Waals surface area (Å²) in [4.78, 5) is 21.1. The molecule has 1 amide bonds. The molecule has 1 heterocycles. The van der Waals surface area contributed by atoms with Crippen molar-refractivity contribution < 1.29 is 4.79 Å². The molecule has 0 spiro atoms. The summed E-state index contributed by atoms with van der Waals surface area (Å²) in [6.07, 6.45) is 2.33. The Kier molecular flexibility index (Phi) is 5.43. The summed E-state index contributed by atoms with van der Waals surface area (Å²) in [7, 11) is 0. The third-order valence-corrected chi connectivity index (χ3v) is 4.16. The van der Waals surface area contributed by atoms with Gasteiger partial charge in [-0.25, -0.2) is 9.97 Å². The molecule has 3 aromatic rings. The zero-order valence-electron chi connectivity index (χ0n) is 15.2. The first kappa shape index (κ1) is 18.1. The molecule has 1 aromatic heterocycles. The van der Waals surface area contributed by atoms with Gasteiger partial charge in [0.25, 0.3) is 5.91 Å². The van der Waals surface area contributed by atoms with E-state index in [2.05, 4.69) is 26.7 Å². The Morgan fingerprint density at radius 2 is 1.96 bits per heavy atom. The number of nitrogens with zero attached hydrogens (tertiary/aromatic N) is 3. The summed E-state index contributed by atoms with van der Waals surface area (Å²) < 4.78 is 0. The Hall–Kier alpha value is -3.72. The van der Waals surface area contributed by atoms with Gasteiger partial charge in [-0.05, 0) is 42.7 Å². The van der Waals surface area contributed by atoms with Gasteiger partial charge in [0.15, 0.2) is 0 Å². The molecule has 6 nitrogen and oxygen atoms in total. The number of hydrogen-bond donors (Lipinski definition) is 2. The van der Waals surface area contributed by atoms with Crippen molar-refractivity contribution >= 4 is 23.2 Å². The molecule has 0 fully saturated rings. The topological polar surface area (TPSA) is 90.7 Å². The van der Waals surface area contributed by atoms with E-state index in [1.165, 1.54) is 6.20 Å². The number of rotatable bonds is 5. The largest absolute Gasteiger partial charge is 0.323 e. The molecule has 0 aliphatic heterocycles. The fraction of sp³-hybridized carbons (Fsp3) is 0.143. The van der Waals surface area contributed by atoms with Crippen molar-refractivity contribution in [3.63, 3.8) is 0 Å². The third kappa shape index (κ3) is 4.10. The smallest absolute Gasteiger partial charge is 0.274 e. The lowest BCUT2D eigenvalue weighted by Crippen LogP contribution is -2.16. The fourth-order valence-corrected chi connectivity index (χ4v) is 2.74. The number of hydrogen-bond acceptors (Lipinski definition) is 5. The molecule has 0 saturated heterocycles. The van der Waals surface area contributed by atoms with Crippen molar-refractivity contribution in [2.45, 2.75) is 20.3 Å². The minimum absolute atomic E-state index is 0.243. The molecule has 0 radical (unpaired) electrons. The van der Waals surface area contributed by atoms with Crippen molar-refractivity contribution in [2.24, 2.45) is 0 Å². The van der Waals surface area contributed by atoms with Crippen LogP contribution in [0, 0.1) is 18.3 Å². The van der Waals surface area contributed by atoms with Crippen LogP contribution in [0.5, 0.6) is 0 Å². The highest BCUT2D eigenvalue weighted by atomic mass is 16.1. The molecule has 134 valence electrons. The van der Waals surface area contributed by atoms with E-state index in [1.807, 2.05) is 38.1 Å². The highest BCUT2D eigenvalue weighted by Crippen LogP contribution is 2.22. The lowest BCUT2D eigenvalue weighted by molar-refractivity contribution is 0.102. The monoisotopic (exact) mass is 357 g/mol. The summed E-state index contributed by atoms with van der Waals surface area (Å²) in [5.41, 5.74) is 4.19. The predicted octanol–water partition coefficient (Wildman–Crippen LogP) is 4.22. The first-order chi connectivity index (χ1) is 13.1. The second-order valence-electron chi connectivity index (χ2n) is 5.96. The van der Waals surface area contributed by atoms with Crippen LogP contribution >= 0.6 is 0 Å². The molecule has 2 N–H and O–H groups in total. The molecule has 0 aliphatic carbocycles. The molecule has 0 atom stereocenters. The molecule has 6 heteroatoms. The number of benzene rings is 2. The number of amides is 1. The van der Waals surface area contributed by atoms with Crippen LogP contribution in [0.3, 0.4) is 0 Å². The summed E-state index contributed by atoms with van der Waals surface area (Å²) in [5, 5.41) is 15.1. The van der Waals surface area contributed by atoms with E-state index in [0.717, 1.165) is 23.2 Å². The van der Waals surface area contributed by atoms with Crippen molar-refractivity contribution in [2.75, 3.05) is 10.6 Å². The average Bonchev–Trinajstić information content (AvgIpc) is 2.70. The number of aromatic nitrogens is 2. The lowest BCUT2D eigenvalue weighted by Gasteiger charge is -2.13. The van der Waals surface area contributed by atoms with E-state index in [9.17, 15) is 10.1 Å². The standard InChI is InChI=1S/C21H19N5O/c1-3-15-9-6-7-14(2)19(15)26-20(27)18-11-12-23-21(25-18)24-17-10-5-4-8-16(17)13-22/h4-12H,3H2,1-2H3,(H,26,27)(H,23,24,25). The van der Waals surface area contributed by atoms with Crippen LogP contribution in [0.1, 0.15) is 34.1 Å². The maximum atomic E-state index is 12.7. The Bertz CT molecular complexity index is 1020. The second kappa shape index (κ2) is 8.11. The molecule has 0 unspecified atom stereocenters. The van der Waals surface area contributed by atoms with E-state index in [-0.39, 0.29) is 17.5 Å². The van der Waals surface area contributed by atoms with Crippen LogP contribution in [0.15, 0.2) is 54.7 Å². The van der Waals surface area contributed by atoms with E-state index in [1.54, 1.807) is 24.3 Å². The zero-order valence-corrected chi connectivity index (χ0v) is 15.2.